The molecule has 174 valence electrons. The maximum atomic E-state index is 12.9. The number of likely N-dealkylation sites (tertiary alicyclic amines) is 1. The molecule has 0 aromatic heterocycles. The van der Waals surface area contributed by atoms with E-state index in [1.165, 1.54) is 38.6 Å². The summed E-state index contributed by atoms with van der Waals surface area (Å²) in [6, 6.07) is 7.66. The summed E-state index contributed by atoms with van der Waals surface area (Å²) >= 11 is 0. The highest BCUT2D eigenvalue weighted by Gasteiger charge is 2.30. The highest BCUT2D eigenvalue weighted by Crippen LogP contribution is 2.28. The lowest BCUT2D eigenvalue weighted by atomic mass is 9.83. The van der Waals surface area contributed by atoms with Gasteiger partial charge in [0.2, 0.25) is 0 Å². The van der Waals surface area contributed by atoms with Gasteiger partial charge in [0.1, 0.15) is 12.4 Å². The second-order valence-electron chi connectivity index (χ2n) is 8.92. The summed E-state index contributed by atoms with van der Waals surface area (Å²) in [5.41, 5.74) is 0.693. The fraction of sp³-hybridized carbons (Fsp3) is 0.720. The maximum absolute atomic E-state index is 12.9. The molecule has 1 amide bonds. The van der Waals surface area contributed by atoms with Crippen molar-refractivity contribution in [2.24, 2.45) is 11.8 Å². The Morgan fingerprint density at radius 3 is 2.68 bits per heavy atom. The van der Waals surface area contributed by atoms with Crippen LogP contribution in [0.3, 0.4) is 0 Å². The largest absolute Gasteiger partial charge is 0.491 e. The molecule has 1 saturated heterocycles. The third-order valence-electron chi connectivity index (χ3n) is 6.55. The monoisotopic (exact) mass is 432 g/mol. The first kappa shape index (κ1) is 24.0. The topological polar surface area (TPSA) is 60.0 Å². The van der Waals surface area contributed by atoms with Gasteiger partial charge in [-0.25, -0.2) is 0 Å². The number of methoxy groups -OCH3 is 1. The van der Waals surface area contributed by atoms with Crippen LogP contribution in [0.1, 0.15) is 55.8 Å². The van der Waals surface area contributed by atoms with E-state index in [4.69, 9.17) is 14.2 Å². The number of nitrogens with one attached hydrogen (secondary N) is 1. The van der Waals surface area contributed by atoms with Crippen LogP contribution in [-0.4, -0.2) is 70.0 Å². The van der Waals surface area contributed by atoms with E-state index >= 15 is 0 Å². The van der Waals surface area contributed by atoms with Crippen LogP contribution >= 0.6 is 0 Å². The molecule has 2 aliphatic rings. The van der Waals surface area contributed by atoms with Gasteiger partial charge in [-0.3, -0.25) is 4.79 Å². The number of hydrogen-bond acceptors (Lipinski definition) is 5. The molecule has 3 rings (SSSR count). The van der Waals surface area contributed by atoms with Crippen LogP contribution < -0.4 is 10.1 Å². The van der Waals surface area contributed by atoms with Crippen LogP contribution in [0, 0.1) is 11.8 Å². The Morgan fingerprint density at radius 1 is 1.10 bits per heavy atom. The van der Waals surface area contributed by atoms with Crippen molar-refractivity contribution in [2.45, 2.75) is 51.5 Å². The Morgan fingerprint density at radius 2 is 1.90 bits per heavy atom. The number of ether oxygens (including phenoxy) is 3. The van der Waals surface area contributed by atoms with Crippen molar-refractivity contribution in [2.75, 3.05) is 53.2 Å². The summed E-state index contributed by atoms with van der Waals surface area (Å²) in [7, 11) is 1.65. The van der Waals surface area contributed by atoms with Crippen LogP contribution in [-0.2, 0) is 9.47 Å². The van der Waals surface area contributed by atoms with E-state index in [9.17, 15) is 4.79 Å². The Bertz CT molecular complexity index is 651. The number of carbonyl (C=O) groups excluding carboxylic acids is 1. The number of rotatable bonds is 11. The van der Waals surface area contributed by atoms with Gasteiger partial charge in [0.25, 0.3) is 5.91 Å². The van der Waals surface area contributed by atoms with Crippen LogP contribution in [0.4, 0.5) is 0 Å². The number of carbonyl (C=O) groups is 1. The van der Waals surface area contributed by atoms with Crippen molar-refractivity contribution in [1.82, 2.24) is 10.2 Å². The van der Waals surface area contributed by atoms with Gasteiger partial charge in [-0.2, -0.15) is 0 Å². The van der Waals surface area contributed by atoms with Gasteiger partial charge in [-0.05, 0) is 75.3 Å². The fourth-order valence-electron chi connectivity index (χ4n) is 4.88. The van der Waals surface area contributed by atoms with Crippen molar-refractivity contribution < 1.29 is 19.0 Å². The highest BCUT2D eigenvalue weighted by atomic mass is 16.5. The molecular formula is C25H40N2O4. The average Bonchev–Trinajstić information content (AvgIpc) is 2.80. The van der Waals surface area contributed by atoms with E-state index in [0.29, 0.717) is 30.6 Å². The zero-order valence-electron chi connectivity index (χ0n) is 19.3. The predicted molar refractivity (Wildman–Crippen MR) is 123 cm³/mol. The predicted octanol–water partition coefficient (Wildman–Crippen LogP) is 3.75. The molecule has 1 aromatic carbocycles. The summed E-state index contributed by atoms with van der Waals surface area (Å²) in [6.45, 7) is 8.18. The molecule has 1 aliphatic heterocycles. The SMILES string of the molecule is CCOC[C@H]1CCCN(C[C@H]2CCCC[C@@H]2NC(=O)c2ccc(OCCOC)cc2)C1. The normalized spacial score (nSPS) is 24.6. The van der Waals surface area contributed by atoms with Crippen molar-refractivity contribution in [3.8, 4) is 5.75 Å². The number of amides is 1. The summed E-state index contributed by atoms with van der Waals surface area (Å²) in [6.07, 6.45) is 7.25. The van der Waals surface area contributed by atoms with Gasteiger partial charge in [0, 0.05) is 38.4 Å². The lowest BCUT2D eigenvalue weighted by Gasteiger charge is -2.39. The summed E-state index contributed by atoms with van der Waals surface area (Å²) in [5, 5.41) is 3.34. The molecule has 1 heterocycles. The Hall–Kier alpha value is -1.63. The van der Waals surface area contributed by atoms with Gasteiger partial charge in [0.15, 0.2) is 0 Å². The number of benzene rings is 1. The van der Waals surface area contributed by atoms with Crippen LogP contribution in [0.5, 0.6) is 5.75 Å². The molecular weight excluding hydrogens is 392 g/mol. The van der Waals surface area contributed by atoms with Gasteiger partial charge in [0.05, 0.1) is 13.2 Å². The smallest absolute Gasteiger partial charge is 0.251 e. The van der Waals surface area contributed by atoms with E-state index in [2.05, 4.69) is 17.1 Å². The lowest BCUT2D eigenvalue weighted by Crippen LogP contribution is -2.48. The molecule has 1 aliphatic carbocycles. The first-order valence-electron chi connectivity index (χ1n) is 12.0. The molecule has 0 bridgehead atoms. The van der Waals surface area contributed by atoms with E-state index in [-0.39, 0.29) is 11.9 Å². The molecule has 0 unspecified atom stereocenters. The van der Waals surface area contributed by atoms with E-state index in [1.807, 2.05) is 24.3 Å². The standard InChI is InChI=1S/C25H40N2O4/c1-3-30-19-20-7-6-14-27(17-20)18-22-8-4-5-9-24(22)26-25(28)21-10-12-23(13-11-21)31-16-15-29-2/h10-13,20,22,24H,3-9,14-19H2,1-2H3,(H,26,28)/t20-,22+,24-/m0/s1. The second kappa shape index (κ2) is 13.0. The van der Waals surface area contributed by atoms with Gasteiger partial charge in [-0.15, -0.1) is 0 Å². The highest BCUT2D eigenvalue weighted by molar-refractivity contribution is 5.94. The zero-order chi connectivity index (χ0) is 21.9. The van der Waals surface area contributed by atoms with Crippen molar-refractivity contribution >= 4 is 5.91 Å². The number of hydrogen-bond donors (Lipinski definition) is 1. The molecule has 1 aromatic rings. The third kappa shape index (κ3) is 7.78. The Labute approximate surface area is 187 Å². The van der Waals surface area contributed by atoms with E-state index in [1.54, 1.807) is 7.11 Å². The average molecular weight is 433 g/mol. The van der Waals surface area contributed by atoms with Gasteiger partial charge >= 0.3 is 0 Å². The minimum atomic E-state index is 0.0215. The molecule has 1 N–H and O–H groups in total. The fourth-order valence-corrected chi connectivity index (χ4v) is 4.88. The minimum absolute atomic E-state index is 0.0215. The molecule has 1 saturated carbocycles. The van der Waals surface area contributed by atoms with Crippen LogP contribution in [0.15, 0.2) is 24.3 Å². The Balaban J connectivity index is 1.51. The quantitative estimate of drug-likeness (QED) is 0.540. The number of piperidine rings is 1. The summed E-state index contributed by atoms with van der Waals surface area (Å²) in [5.74, 6) is 1.96. The van der Waals surface area contributed by atoms with Crippen molar-refractivity contribution in [1.29, 1.82) is 0 Å². The molecule has 6 heteroatoms. The number of nitrogens with zero attached hydrogens (tertiary/aromatic N) is 1. The van der Waals surface area contributed by atoms with Crippen LogP contribution in [0.2, 0.25) is 0 Å². The first-order chi connectivity index (χ1) is 15.2. The second-order valence-corrected chi connectivity index (χ2v) is 8.92. The molecule has 0 radical (unpaired) electrons. The van der Waals surface area contributed by atoms with E-state index in [0.717, 1.165) is 38.5 Å². The molecule has 3 atom stereocenters. The lowest BCUT2D eigenvalue weighted by molar-refractivity contribution is 0.0548. The summed E-state index contributed by atoms with van der Waals surface area (Å²) < 4.78 is 16.3. The molecule has 2 fully saturated rings. The summed E-state index contributed by atoms with van der Waals surface area (Å²) in [4.78, 5) is 15.5. The third-order valence-corrected chi connectivity index (χ3v) is 6.55. The van der Waals surface area contributed by atoms with Crippen molar-refractivity contribution in [3.05, 3.63) is 29.8 Å². The zero-order valence-corrected chi connectivity index (χ0v) is 19.3. The van der Waals surface area contributed by atoms with Crippen LogP contribution in [0.25, 0.3) is 0 Å². The van der Waals surface area contributed by atoms with Crippen molar-refractivity contribution in [3.63, 3.8) is 0 Å². The first-order valence-corrected chi connectivity index (χ1v) is 12.0. The Kier molecular flexibility index (Phi) is 10.1. The maximum Gasteiger partial charge on any atom is 0.251 e. The van der Waals surface area contributed by atoms with Gasteiger partial charge < -0.3 is 24.4 Å². The molecule has 6 nitrogen and oxygen atoms in total. The van der Waals surface area contributed by atoms with Gasteiger partial charge in [-0.1, -0.05) is 12.8 Å². The van der Waals surface area contributed by atoms with E-state index < -0.39 is 0 Å². The molecule has 31 heavy (non-hydrogen) atoms. The molecule has 0 spiro atoms. The minimum Gasteiger partial charge on any atom is -0.491 e.